The zero-order valence-electron chi connectivity index (χ0n) is 29.7. The summed E-state index contributed by atoms with van der Waals surface area (Å²) in [5.41, 5.74) is -2.95. The second-order valence-corrected chi connectivity index (χ2v) is 16.6. The number of nitrogens with one attached hydrogen (secondary N) is 3. The molecular formula is C37H40F5N7O3S. The Balaban J connectivity index is 0.000000373. The first-order valence-electron chi connectivity index (χ1n) is 17.6. The number of fused-ring (bicyclic) bond motifs is 5. The third-order valence-electron chi connectivity index (χ3n) is 10.5. The minimum Gasteiger partial charge on any atom is -0.444 e. The molecule has 6 heterocycles. The topological polar surface area (TPSA) is 126 Å². The van der Waals surface area contributed by atoms with Crippen LogP contribution in [-0.2, 0) is 10.9 Å². The van der Waals surface area contributed by atoms with Gasteiger partial charge in [-0.15, -0.1) is 11.3 Å². The van der Waals surface area contributed by atoms with Crippen LogP contribution in [-0.4, -0.2) is 76.5 Å². The molecule has 3 unspecified atom stereocenters. The highest BCUT2D eigenvalue weighted by atomic mass is 32.1. The number of H-pyrrole nitrogens is 1. The summed E-state index contributed by atoms with van der Waals surface area (Å²) in [4.78, 5) is 35.9. The highest BCUT2D eigenvalue weighted by Gasteiger charge is 2.45. The molecule has 0 spiro atoms. The van der Waals surface area contributed by atoms with E-state index in [1.165, 1.54) is 18.9 Å². The van der Waals surface area contributed by atoms with Gasteiger partial charge in [-0.1, -0.05) is 6.07 Å². The van der Waals surface area contributed by atoms with Gasteiger partial charge in [0.1, 0.15) is 34.5 Å². The summed E-state index contributed by atoms with van der Waals surface area (Å²) in [6, 6.07) is 6.50. The fourth-order valence-electron chi connectivity index (χ4n) is 8.25. The first-order chi connectivity index (χ1) is 24.9. The smallest absolute Gasteiger partial charge is 0.417 e. The van der Waals surface area contributed by atoms with E-state index in [4.69, 9.17) is 4.74 Å². The van der Waals surface area contributed by atoms with Gasteiger partial charge in [0.25, 0.3) is 0 Å². The third-order valence-corrected chi connectivity index (χ3v) is 11.6. The van der Waals surface area contributed by atoms with Crippen LogP contribution in [0.3, 0.4) is 0 Å². The molecule has 4 aromatic rings. The quantitative estimate of drug-likeness (QED) is 0.182. The van der Waals surface area contributed by atoms with Crippen LogP contribution in [0.2, 0.25) is 0 Å². The molecule has 282 valence electrons. The lowest BCUT2D eigenvalue weighted by Crippen LogP contribution is -2.51. The number of anilines is 2. The van der Waals surface area contributed by atoms with Gasteiger partial charge < -0.3 is 19.9 Å². The van der Waals surface area contributed by atoms with E-state index in [2.05, 4.69) is 32.4 Å². The van der Waals surface area contributed by atoms with Crippen LogP contribution < -0.4 is 21.2 Å². The molecule has 1 amide bonds. The van der Waals surface area contributed by atoms with Gasteiger partial charge in [-0.3, -0.25) is 10.2 Å². The molecule has 8 rings (SSSR count). The molecule has 53 heavy (non-hydrogen) atoms. The number of halogens is 5. The minimum absolute atomic E-state index is 0.0688. The SMILES string of the molecule is CC(C)(C)OC(=O)Nc1sc2c(F)ccc(-c3cc4[nH]c(=O)nc(N5CC6CCC(C5)N6)c4cc3C(F)(F)F)c2c1C#N.C[C@@]12CCCN1CC(F)C2. The van der Waals surface area contributed by atoms with Gasteiger partial charge in [-0.05, 0) is 95.7 Å². The molecule has 4 aliphatic heterocycles. The van der Waals surface area contributed by atoms with E-state index in [1.807, 2.05) is 11.0 Å². The number of aromatic nitrogens is 2. The monoisotopic (exact) mass is 757 g/mol. The fraction of sp³-hybridized carbons (Fsp3) is 0.514. The first kappa shape index (κ1) is 37.0. The Kier molecular flexibility index (Phi) is 9.43. The molecule has 4 atom stereocenters. The van der Waals surface area contributed by atoms with Crippen molar-refractivity contribution in [3.05, 3.63) is 51.7 Å². The molecule has 2 bridgehead atoms. The third kappa shape index (κ3) is 7.30. The van der Waals surface area contributed by atoms with Crippen LogP contribution in [0.25, 0.3) is 32.1 Å². The Labute approximate surface area is 306 Å². The van der Waals surface area contributed by atoms with Gasteiger partial charge in [-0.25, -0.2) is 18.4 Å². The number of aromatic amines is 1. The van der Waals surface area contributed by atoms with Crippen molar-refractivity contribution in [2.75, 3.05) is 36.4 Å². The zero-order chi connectivity index (χ0) is 38.0. The van der Waals surface area contributed by atoms with Crippen molar-refractivity contribution in [1.82, 2.24) is 20.2 Å². The number of hydrogen-bond acceptors (Lipinski definition) is 9. The predicted octanol–water partition coefficient (Wildman–Crippen LogP) is 7.70. The number of rotatable bonds is 3. The molecule has 4 fully saturated rings. The van der Waals surface area contributed by atoms with E-state index >= 15 is 4.39 Å². The summed E-state index contributed by atoms with van der Waals surface area (Å²) >= 11 is 0.714. The largest absolute Gasteiger partial charge is 0.444 e. The van der Waals surface area contributed by atoms with Crippen LogP contribution >= 0.6 is 11.3 Å². The molecule has 0 radical (unpaired) electrons. The number of thiophene rings is 1. The molecule has 0 saturated carbocycles. The van der Waals surface area contributed by atoms with Gasteiger partial charge in [-0.2, -0.15) is 23.4 Å². The maximum Gasteiger partial charge on any atom is 0.417 e. The number of piperazine rings is 1. The highest BCUT2D eigenvalue weighted by molar-refractivity contribution is 7.23. The Bertz CT molecular complexity index is 2180. The number of nitriles is 1. The molecule has 0 aliphatic carbocycles. The summed E-state index contributed by atoms with van der Waals surface area (Å²) < 4.78 is 77.2. The second-order valence-electron chi connectivity index (χ2n) is 15.5. The molecular weight excluding hydrogens is 718 g/mol. The molecule has 4 aliphatic rings. The van der Waals surface area contributed by atoms with E-state index in [9.17, 15) is 32.4 Å². The number of benzene rings is 2. The lowest BCUT2D eigenvalue weighted by molar-refractivity contribution is -0.137. The number of alkyl halides is 4. The summed E-state index contributed by atoms with van der Waals surface area (Å²) in [5, 5.41) is 15.9. The molecule has 2 aromatic carbocycles. The van der Waals surface area contributed by atoms with Crippen LogP contribution in [0.4, 0.5) is 37.6 Å². The van der Waals surface area contributed by atoms with Crippen LogP contribution in [0.1, 0.15) is 70.9 Å². The number of nitrogens with zero attached hydrogens (tertiary/aromatic N) is 4. The van der Waals surface area contributed by atoms with E-state index in [0.29, 0.717) is 31.0 Å². The summed E-state index contributed by atoms with van der Waals surface area (Å²) in [6.45, 7) is 9.91. The van der Waals surface area contributed by atoms with E-state index in [0.717, 1.165) is 44.0 Å². The maximum absolute atomic E-state index is 15.1. The van der Waals surface area contributed by atoms with Crippen molar-refractivity contribution in [1.29, 1.82) is 5.26 Å². The molecule has 4 saturated heterocycles. The fourth-order valence-corrected chi connectivity index (χ4v) is 9.31. The average Bonchev–Trinajstić information content (AvgIpc) is 3.78. The van der Waals surface area contributed by atoms with Gasteiger partial charge in [0.2, 0.25) is 0 Å². The number of amides is 1. The molecule has 16 heteroatoms. The Morgan fingerprint density at radius 3 is 2.49 bits per heavy atom. The van der Waals surface area contributed by atoms with Gasteiger partial charge in [0.15, 0.2) is 0 Å². The van der Waals surface area contributed by atoms with Crippen molar-refractivity contribution in [2.24, 2.45) is 0 Å². The van der Waals surface area contributed by atoms with E-state index in [-0.39, 0.29) is 66.1 Å². The van der Waals surface area contributed by atoms with Crippen molar-refractivity contribution in [2.45, 2.75) is 95.4 Å². The molecule has 3 N–H and O–H groups in total. The van der Waals surface area contributed by atoms with E-state index in [1.54, 1.807) is 20.8 Å². The zero-order valence-corrected chi connectivity index (χ0v) is 30.5. The predicted molar refractivity (Wildman–Crippen MR) is 194 cm³/mol. The van der Waals surface area contributed by atoms with Crippen molar-refractivity contribution < 1.29 is 31.5 Å². The van der Waals surface area contributed by atoms with Crippen LogP contribution in [0.5, 0.6) is 0 Å². The second kappa shape index (κ2) is 13.5. The molecule has 2 aromatic heterocycles. The maximum atomic E-state index is 15.1. The Morgan fingerprint density at radius 2 is 1.85 bits per heavy atom. The van der Waals surface area contributed by atoms with E-state index < -0.39 is 41.1 Å². The number of carbonyl (C=O) groups excluding carboxylic acids is 1. The highest BCUT2D eigenvalue weighted by Crippen LogP contribution is 2.47. The minimum atomic E-state index is -4.86. The number of ether oxygens (including phenoxy) is 1. The summed E-state index contributed by atoms with van der Waals surface area (Å²) in [7, 11) is 0. The van der Waals surface area contributed by atoms with Crippen molar-refractivity contribution in [3.8, 4) is 17.2 Å². The van der Waals surface area contributed by atoms with Gasteiger partial charge >= 0.3 is 18.0 Å². The number of hydrogen-bond donors (Lipinski definition) is 3. The first-order valence-corrected chi connectivity index (χ1v) is 18.4. The average molecular weight is 758 g/mol. The summed E-state index contributed by atoms with van der Waals surface area (Å²) in [6.07, 6.45) is -1.23. The van der Waals surface area contributed by atoms with Crippen LogP contribution in [0.15, 0.2) is 29.1 Å². The standard InChI is InChI=1S/C29H26F4N6O3S.C8H14FN/c1-28(2,3)42-27(41)38-25-18(10-34)22-15(6-7-20(30)23(22)43-25)16-9-21-17(8-19(16)29(31,32)33)24(37-26(40)36-21)39-11-13-4-5-14(12-39)35-13;1-8-3-2-4-10(8)6-7(9)5-8/h6-9,13-14,35H,4-5,11-12H2,1-3H3,(H,38,41)(H,36,37,40);7H,2-6H2,1H3/t;7?,8-/m.0/s1. The summed E-state index contributed by atoms with van der Waals surface area (Å²) in [5.74, 6) is -0.615. The van der Waals surface area contributed by atoms with Gasteiger partial charge in [0, 0.05) is 48.0 Å². The lowest BCUT2D eigenvalue weighted by Gasteiger charge is -2.34. The Hall–Kier alpha value is -4.33. The van der Waals surface area contributed by atoms with Crippen molar-refractivity contribution in [3.63, 3.8) is 0 Å². The van der Waals surface area contributed by atoms with Gasteiger partial charge in [0.05, 0.1) is 21.3 Å². The Morgan fingerprint density at radius 1 is 1.13 bits per heavy atom. The normalized spacial score (nSPS) is 24.2. The number of carbonyl (C=O) groups is 1. The lowest BCUT2D eigenvalue weighted by atomic mass is 9.93. The molecule has 10 nitrogen and oxygen atoms in total. The van der Waals surface area contributed by atoms with Crippen molar-refractivity contribution >= 4 is 49.2 Å². The van der Waals surface area contributed by atoms with Crippen LogP contribution in [0, 0.1) is 17.1 Å².